The van der Waals surface area contributed by atoms with Crippen molar-refractivity contribution >= 4 is 28.9 Å². The number of pyridine rings is 1. The van der Waals surface area contributed by atoms with Gasteiger partial charge in [0.1, 0.15) is 5.82 Å². The first-order valence-corrected chi connectivity index (χ1v) is 13.9. The van der Waals surface area contributed by atoms with Gasteiger partial charge >= 0.3 is 0 Å². The predicted octanol–water partition coefficient (Wildman–Crippen LogP) is 6.55. The van der Waals surface area contributed by atoms with Gasteiger partial charge in [-0.15, -0.1) is 0 Å². The zero-order chi connectivity index (χ0) is 28.6. The Morgan fingerprint density at radius 3 is 2.38 bits per heavy atom. The van der Waals surface area contributed by atoms with E-state index >= 15 is 0 Å². The number of anilines is 1. The summed E-state index contributed by atoms with van der Waals surface area (Å²) in [6.45, 7) is 11.1. The molecule has 0 saturated carbocycles. The van der Waals surface area contributed by atoms with Crippen molar-refractivity contribution < 1.29 is 9.18 Å². The van der Waals surface area contributed by atoms with Gasteiger partial charge < -0.3 is 20.1 Å². The highest BCUT2D eigenvalue weighted by Crippen LogP contribution is 2.42. The van der Waals surface area contributed by atoms with Crippen molar-refractivity contribution in [1.82, 2.24) is 19.8 Å². The molecule has 0 radical (unpaired) electrons. The largest absolute Gasteiger partial charge is 0.352 e. The second-order valence-corrected chi connectivity index (χ2v) is 10.9. The molecule has 2 atom stereocenters. The van der Waals surface area contributed by atoms with E-state index in [2.05, 4.69) is 77.9 Å². The van der Waals surface area contributed by atoms with E-state index in [1.165, 1.54) is 34.5 Å². The van der Waals surface area contributed by atoms with Gasteiger partial charge in [-0.25, -0.2) is 4.39 Å². The number of hydrogen-bond donors (Lipinski definition) is 2. The minimum absolute atomic E-state index is 0.160. The maximum absolute atomic E-state index is 13.3. The van der Waals surface area contributed by atoms with Crippen LogP contribution in [0.5, 0.6) is 0 Å². The minimum atomic E-state index is -0.344. The molecule has 2 aromatic heterocycles. The third-order valence-corrected chi connectivity index (χ3v) is 7.91. The second kappa shape index (κ2) is 11.2. The van der Waals surface area contributed by atoms with Crippen molar-refractivity contribution in [3.05, 3.63) is 112 Å². The van der Waals surface area contributed by atoms with E-state index in [0.29, 0.717) is 17.3 Å². The van der Waals surface area contributed by atoms with Crippen LogP contribution in [0.3, 0.4) is 0 Å². The van der Waals surface area contributed by atoms with E-state index in [9.17, 15) is 9.18 Å². The molecular formula is C32H34FN5OS. The highest BCUT2D eigenvalue weighted by Gasteiger charge is 2.41. The van der Waals surface area contributed by atoms with Crippen LogP contribution in [0.25, 0.3) is 5.69 Å². The summed E-state index contributed by atoms with van der Waals surface area (Å²) in [6.07, 6.45) is 2.01. The van der Waals surface area contributed by atoms with Gasteiger partial charge in [0.2, 0.25) is 5.91 Å². The molecule has 1 amide bonds. The average Bonchev–Trinajstić information content (AvgIpc) is 3.39. The Kier molecular flexibility index (Phi) is 7.72. The van der Waals surface area contributed by atoms with Crippen molar-refractivity contribution in [1.29, 1.82) is 0 Å². The lowest BCUT2D eigenvalue weighted by Crippen LogP contribution is -2.32. The molecule has 6 nitrogen and oxygen atoms in total. The Bertz CT molecular complexity index is 1540. The molecular weight excluding hydrogens is 521 g/mol. The third kappa shape index (κ3) is 5.36. The first-order chi connectivity index (χ1) is 19.1. The molecule has 2 unspecified atom stereocenters. The molecule has 3 heterocycles. The number of amides is 1. The molecule has 5 rings (SSSR count). The van der Waals surface area contributed by atoms with Gasteiger partial charge in [0.05, 0.1) is 23.5 Å². The second-order valence-electron chi connectivity index (χ2n) is 10.5. The van der Waals surface area contributed by atoms with E-state index in [0.717, 1.165) is 22.6 Å². The molecule has 40 heavy (non-hydrogen) atoms. The number of halogens is 1. The maximum atomic E-state index is 13.3. The zero-order valence-corrected chi connectivity index (χ0v) is 24.3. The summed E-state index contributed by atoms with van der Waals surface area (Å²) in [5.74, 6) is -0.505. The van der Waals surface area contributed by atoms with Crippen molar-refractivity contribution in [2.75, 3.05) is 11.9 Å². The maximum Gasteiger partial charge on any atom is 0.226 e. The summed E-state index contributed by atoms with van der Waals surface area (Å²) in [7, 11) is 0. The van der Waals surface area contributed by atoms with Crippen molar-refractivity contribution in [2.45, 2.75) is 53.1 Å². The predicted molar refractivity (Wildman–Crippen MR) is 161 cm³/mol. The zero-order valence-electron chi connectivity index (χ0n) is 23.5. The molecule has 1 fully saturated rings. The quantitative estimate of drug-likeness (QED) is 0.253. The lowest BCUT2D eigenvalue weighted by atomic mass is 9.96. The smallest absolute Gasteiger partial charge is 0.226 e. The molecule has 206 valence electrons. The Morgan fingerprint density at radius 1 is 1.02 bits per heavy atom. The van der Waals surface area contributed by atoms with Gasteiger partial charge in [-0.3, -0.25) is 9.78 Å². The highest BCUT2D eigenvalue weighted by molar-refractivity contribution is 7.80. The van der Waals surface area contributed by atoms with Crippen LogP contribution < -0.4 is 10.6 Å². The van der Waals surface area contributed by atoms with Crippen molar-refractivity contribution in [3.8, 4) is 5.69 Å². The number of rotatable bonds is 7. The van der Waals surface area contributed by atoms with E-state index in [1.807, 2.05) is 18.2 Å². The minimum Gasteiger partial charge on any atom is -0.352 e. The third-order valence-electron chi connectivity index (χ3n) is 7.55. The van der Waals surface area contributed by atoms with Gasteiger partial charge in [-0.05, 0) is 106 Å². The normalized spacial score (nSPS) is 16.8. The molecule has 0 bridgehead atoms. The Hall–Kier alpha value is -4.04. The van der Waals surface area contributed by atoms with Gasteiger partial charge in [-0.1, -0.05) is 23.8 Å². The van der Waals surface area contributed by atoms with Gasteiger partial charge in [0.25, 0.3) is 0 Å². The molecule has 1 saturated heterocycles. The number of benzene rings is 2. The van der Waals surface area contributed by atoms with Crippen LogP contribution in [-0.2, 0) is 4.79 Å². The number of carbonyl (C=O) groups is 1. The lowest BCUT2D eigenvalue weighted by molar-refractivity contribution is -0.116. The molecule has 8 heteroatoms. The van der Waals surface area contributed by atoms with Crippen molar-refractivity contribution in [3.63, 3.8) is 0 Å². The first-order valence-electron chi connectivity index (χ1n) is 13.4. The number of nitrogens with one attached hydrogen (secondary N) is 2. The summed E-state index contributed by atoms with van der Waals surface area (Å²) < 4.78 is 15.6. The van der Waals surface area contributed by atoms with Gasteiger partial charge in [0, 0.05) is 36.2 Å². The number of aromatic nitrogens is 2. The summed E-state index contributed by atoms with van der Waals surface area (Å²) in [4.78, 5) is 19.6. The number of thiocarbonyl (C=S) groups is 1. The summed E-state index contributed by atoms with van der Waals surface area (Å²) >= 11 is 5.83. The number of carbonyl (C=O) groups excluding carboxylic acids is 1. The summed E-state index contributed by atoms with van der Waals surface area (Å²) in [5.41, 5.74) is 9.73. The number of aryl methyl sites for hydroxylation is 4. The van der Waals surface area contributed by atoms with Crippen LogP contribution in [0.15, 0.2) is 66.9 Å². The fourth-order valence-electron chi connectivity index (χ4n) is 5.92. The SMILES string of the molecule is Cc1cc(C)c(-n2c(C)cc(C3C(c4ccccn4)NC(=S)N3CCC(=O)Nc3ccc(F)cc3)c2C)c(C)c1. The fraction of sp³-hybridized carbons (Fsp3) is 0.281. The van der Waals surface area contributed by atoms with Crippen LogP contribution in [0.4, 0.5) is 10.1 Å². The molecule has 1 aliphatic heterocycles. The highest BCUT2D eigenvalue weighted by atomic mass is 32.1. The molecule has 0 spiro atoms. The summed E-state index contributed by atoms with van der Waals surface area (Å²) in [5, 5.41) is 6.93. The molecule has 2 aromatic carbocycles. The van der Waals surface area contributed by atoms with Gasteiger partial charge in [-0.2, -0.15) is 0 Å². The molecule has 1 aliphatic rings. The van der Waals surface area contributed by atoms with Gasteiger partial charge in [0.15, 0.2) is 5.11 Å². The Labute approximate surface area is 240 Å². The Morgan fingerprint density at radius 2 is 1.73 bits per heavy atom. The van der Waals surface area contributed by atoms with E-state index in [4.69, 9.17) is 12.2 Å². The van der Waals surface area contributed by atoms with E-state index < -0.39 is 0 Å². The molecule has 0 aliphatic carbocycles. The standard InChI is InChI=1S/C32H34FN5OS/c1-19-16-20(2)30(21(3)17-19)38-22(4)18-26(23(38)5)31-29(27-8-6-7-14-34-27)36-32(40)37(31)15-13-28(39)35-25-11-9-24(33)10-12-25/h6-12,14,16-18,29,31H,13,15H2,1-5H3,(H,35,39)(H,36,40). The van der Waals surface area contributed by atoms with Crippen LogP contribution in [0.2, 0.25) is 0 Å². The van der Waals surface area contributed by atoms with Crippen LogP contribution in [0.1, 0.15) is 57.8 Å². The number of hydrogen-bond acceptors (Lipinski definition) is 3. The molecule has 4 aromatic rings. The van der Waals surface area contributed by atoms with Crippen molar-refractivity contribution in [2.24, 2.45) is 0 Å². The molecule has 2 N–H and O–H groups in total. The average molecular weight is 556 g/mol. The van der Waals surface area contributed by atoms with E-state index in [-0.39, 0.29) is 30.2 Å². The topological polar surface area (TPSA) is 62.2 Å². The van der Waals surface area contributed by atoms with Crippen LogP contribution in [-0.4, -0.2) is 32.0 Å². The van der Waals surface area contributed by atoms with Crippen LogP contribution in [0, 0.1) is 40.4 Å². The monoisotopic (exact) mass is 555 g/mol. The van der Waals surface area contributed by atoms with Crippen LogP contribution >= 0.6 is 12.2 Å². The fourth-order valence-corrected chi connectivity index (χ4v) is 6.25. The number of nitrogens with zero attached hydrogens (tertiary/aromatic N) is 3. The van der Waals surface area contributed by atoms with E-state index in [1.54, 1.807) is 18.3 Å². The first kappa shape index (κ1) is 27.5. The summed E-state index contributed by atoms with van der Waals surface area (Å²) in [6, 6.07) is 18.0. The lowest BCUT2D eigenvalue weighted by Gasteiger charge is -2.28. The Balaban J connectivity index is 1.50.